The first kappa shape index (κ1) is 21.0. The molecule has 3 aromatic rings. The molecule has 0 spiro atoms. The highest BCUT2D eigenvalue weighted by Crippen LogP contribution is 2.41. The highest BCUT2D eigenvalue weighted by molar-refractivity contribution is 9.10. The van der Waals surface area contributed by atoms with Crippen molar-refractivity contribution in [3.8, 4) is 28.7 Å². The lowest BCUT2D eigenvalue weighted by molar-refractivity contribution is -0.113. The number of ether oxygens (including phenoxy) is 3. The number of methoxy groups -OCH3 is 3. The molecular formula is C19H18BrN3O5S. The Bertz CT molecular complexity index is 986. The predicted octanol–water partition coefficient (Wildman–Crippen LogP) is 4.26. The lowest BCUT2D eigenvalue weighted by Crippen LogP contribution is -2.13. The second kappa shape index (κ2) is 9.66. The summed E-state index contributed by atoms with van der Waals surface area (Å²) in [7, 11) is 4.58. The van der Waals surface area contributed by atoms with Crippen LogP contribution in [0.5, 0.6) is 17.2 Å². The predicted molar refractivity (Wildman–Crippen MR) is 113 cm³/mol. The molecule has 152 valence electrons. The largest absolute Gasteiger partial charge is 0.493 e. The van der Waals surface area contributed by atoms with E-state index in [4.69, 9.17) is 18.6 Å². The topological polar surface area (TPSA) is 95.7 Å². The molecule has 0 unspecified atom stereocenters. The summed E-state index contributed by atoms with van der Waals surface area (Å²) in [5, 5.41) is 11.1. The Morgan fingerprint density at radius 2 is 1.83 bits per heavy atom. The lowest BCUT2D eigenvalue weighted by Gasteiger charge is -2.12. The smallest absolute Gasteiger partial charge is 0.277 e. The van der Waals surface area contributed by atoms with E-state index in [9.17, 15) is 4.79 Å². The summed E-state index contributed by atoms with van der Waals surface area (Å²) in [6.45, 7) is 0. The second-order valence-electron chi connectivity index (χ2n) is 5.63. The van der Waals surface area contributed by atoms with Gasteiger partial charge in [-0.1, -0.05) is 33.8 Å². The van der Waals surface area contributed by atoms with Crippen molar-refractivity contribution in [2.24, 2.45) is 0 Å². The summed E-state index contributed by atoms with van der Waals surface area (Å²) in [4.78, 5) is 12.1. The number of thioether (sulfide) groups is 1. The van der Waals surface area contributed by atoms with Crippen molar-refractivity contribution >= 4 is 39.3 Å². The van der Waals surface area contributed by atoms with E-state index in [0.717, 1.165) is 16.2 Å². The van der Waals surface area contributed by atoms with Crippen molar-refractivity contribution in [3.63, 3.8) is 0 Å². The van der Waals surface area contributed by atoms with Gasteiger partial charge in [-0.25, -0.2) is 0 Å². The van der Waals surface area contributed by atoms with Gasteiger partial charge in [0.1, 0.15) is 0 Å². The van der Waals surface area contributed by atoms with Crippen LogP contribution in [0.3, 0.4) is 0 Å². The Hall–Kier alpha value is -2.72. The number of benzene rings is 2. The number of rotatable bonds is 8. The molecule has 0 radical (unpaired) electrons. The zero-order chi connectivity index (χ0) is 20.8. The van der Waals surface area contributed by atoms with Crippen LogP contribution in [-0.4, -0.2) is 43.2 Å². The van der Waals surface area contributed by atoms with Crippen molar-refractivity contribution in [1.29, 1.82) is 0 Å². The van der Waals surface area contributed by atoms with E-state index in [2.05, 4.69) is 31.4 Å². The van der Waals surface area contributed by atoms with Crippen molar-refractivity contribution in [3.05, 3.63) is 40.9 Å². The lowest BCUT2D eigenvalue weighted by atomic mass is 10.2. The number of halogens is 1. The first-order valence-electron chi connectivity index (χ1n) is 8.36. The van der Waals surface area contributed by atoms with E-state index >= 15 is 0 Å². The maximum atomic E-state index is 12.1. The fourth-order valence-corrected chi connectivity index (χ4v) is 3.44. The molecule has 1 aromatic heterocycles. The third kappa shape index (κ3) is 5.21. The molecule has 0 aliphatic carbocycles. The molecule has 29 heavy (non-hydrogen) atoms. The standard InChI is InChI=1S/C19H18BrN3O5S/c1-25-14-7-11(8-15(26-2)17(14)27-3)18-22-23-19(28-18)29-10-16(24)21-13-6-4-5-12(20)9-13/h4-9H,10H2,1-3H3,(H,21,24). The van der Waals surface area contributed by atoms with Gasteiger partial charge in [0.2, 0.25) is 17.5 Å². The fourth-order valence-electron chi connectivity index (χ4n) is 2.48. The van der Waals surface area contributed by atoms with Gasteiger partial charge < -0.3 is 23.9 Å². The van der Waals surface area contributed by atoms with Crippen LogP contribution in [-0.2, 0) is 4.79 Å². The Morgan fingerprint density at radius 1 is 1.10 bits per heavy atom. The molecule has 0 saturated heterocycles. The number of aromatic nitrogens is 2. The molecule has 2 aromatic carbocycles. The van der Waals surface area contributed by atoms with Gasteiger partial charge in [0.15, 0.2) is 11.5 Å². The monoisotopic (exact) mass is 479 g/mol. The van der Waals surface area contributed by atoms with Crippen LogP contribution >= 0.6 is 27.7 Å². The van der Waals surface area contributed by atoms with E-state index in [0.29, 0.717) is 28.5 Å². The maximum absolute atomic E-state index is 12.1. The molecule has 0 fully saturated rings. The summed E-state index contributed by atoms with van der Waals surface area (Å²) in [5.74, 6) is 1.64. The van der Waals surface area contributed by atoms with Crippen LogP contribution in [0, 0.1) is 0 Å². The van der Waals surface area contributed by atoms with Gasteiger partial charge in [-0.3, -0.25) is 4.79 Å². The number of amides is 1. The first-order valence-corrected chi connectivity index (χ1v) is 10.1. The Morgan fingerprint density at radius 3 is 2.45 bits per heavy atom. The van der Waals surface area contributed by atoms with Gasteiger partial charge in [0.25, 0.3) is 5.22 Å². The third-order valence-corrected chi connectivity index (χ3v) is 5.06. The normalized spacial score (nSPS) is 10.5. The number of carbonyl (C=O) groups is 1. The Labute approximate surface area is 180 Å². The average Bonchev–Trinajstić information content (AvgIpc) is 3.20. The molecule has 0 bridgehead atoms. The van der Waals surface area contributed by atoms with Crippen molar-refractivity contribution < 1.29 is 23.4 Å². The molecule has 10 heteroatoms. The minimum Gasteiger partial charge on any atom is -0.493 e. The zero-order valence-corrected chi connectivity index (χ0v) is 18.3. The van der Waals surface area contributed by atoms with Gasteiger partial charge >= 0.3 is 0 Å². The van der Waals surface area contributed by atoms with Gasteiger partial charge in [-0.15, -0.1) is 10.2 Å². The van der Waals surface area contributed by atoms with Gasteiger partial charge in [0.05, 0.1) is 27.1 Å². The third-order valence-electron chi connectivity index (χ3n) is 3.75. The first-order chi connectivity index (χ1) is 14.0. The summed E-state index contributed by atoms with van der Waals surface area (Å²) in [6, 6.07) is 10.8. The minimum atomic E-state index is -0.180. The molecule has 0 aliphatic heterocycles. The SMILES string of the molecule is COc1cc(-c2nnc(SCC(=O)Nc3cccc(Br)c3)o2)cc(OC)c1OC. The zero-order valence-electron chi connectivity index (χ0n) is 15.9. The van der Waals surface area contributed by atoms with E-state index in [1.54, 1.807) is 12.1 Å². The highest BCUT2D eigenvalue weighted by Gasteiger charge is 2.18. The van der Waals surface area contributed by atoms with E-state index in [1.807, 2.05) is 24.3 Å². The van der Waals surface area contributed by atoms with Crippen molar-refractivity contribution in [2.45, 2.75) is 5.22 Å². The molecule has 0 atom stereocenters. The van der Waals surface area contributed by atoms with Crippen LogP contribution in [0.2, 0.25) is 0 Å². The van der Waals surface area contributed by atoms with Gasteiger partial charge in [-0.2, -0.15) is 0 Å². The molecule has 1 amide bonds. The fraction of sp³-hybridized carbons (Fsp3) is 0.211. The number of anilines is 1. The van der Waals surface area contributed by atoms with E-state index in [1.165, 1.54) is 21.3 Å². The highest BCUT2D eigenvalue weighted by atomic mass is 79.9. The number of nitrogens with one attached hydrogen (secondary N) is 1. The van der Waals surface area contributed by atoms with Gasteiger partial charge in [0, 0.05) is 15.7 Å². The second-order valence-corrected chi connectivity index (χ2v) is 7.48. The van der Waals surface area contributed by atoms with Gasteiger partial charge in [-0.05, 0) is 30.3 Å². The molecule has 3 rings (SSSR count). The Balaban J connectivity index is 1.68. The van der Waals surface area contributed by atoms with Crippen molar-refractivity contribution in [2.75, 3.05) is 32.4 Å². The molecule has 1 N–H and O–H groups in total. The summed E-state index contributed by atoms with van der Waals surface area (Å²) in [5.41, 5.74) is 1.31. The number of hydrogen-bond acceptors (Lipinski definition) is 8. The summed E-state index contributed by atoms with van der Waals surface area (Å²) < 4.78 is 22.5. The van der Waals surface area contributed by atoms with E-state index < -0.39 is 0 Å². The number of nitrogens with zero attached hydrogens (tertiary/aromatic N) is 2. The quantitative estimate of drug-likeness (QED) is 0.478. The molecule has 1 heterocycles. The van der Waals surface area contributed by atoms with Crippen LogP contribution in [0.25, 0.3) is 11.5 Å². The Kier molecular flexibility index (Phi) is 6.99. The molecular weight excluding hydrogens is 462 g/mol. The molecule has 8 nitrogen and oxygen atoms in total. The molecule has 0 aliphatic rings. The van der Waals surface area contributed by atoms with E-state index in [-0.39, 0.29) is 22.8 Å². The maximum Gasteiger partial charge on any atom is 0.277 e. The average molecular weight is 480 g/mol. The molecule has 0 saturated carbocycles. The number of carbonyl (C=O) groups excluding carboxylic acids is 1. The van der Waals surface area contributed by atoms with Crippen LogP contribution < -0.4 is 19.5 Å². The van der Waals surface area contributed by atoms with Crippen LogP contribution in [0.15, 0.2) is 50.5 Å². The van der Waals surface area contributed by atoms with Crippen LogP contribution in [0.1, 0.15) is 0 Å². The summed E-state index contributed by atoms with van der Waals surface area (Å²) >= 11 is 4.51. The van der Waals surface area contributed by atoms with Crippen LogP contribution in [0.4, 0.5) is 5.69 Å². The number of hydrogen-bond donors (Lipinski definition) is 1. The van der Waals surface area contributed by atoms with Crippen molar-refractivity contribution in [1.82, 2.24) is 10.2 Å². The minimum absolute atomic E-state index is 0.128. The summed E-state index contributed by atoms with van der Waals surface area (Å²) in [6.07, 6.45) is 0.